The van der Waals surface area contributed by atoms with Crippen LogP contribution in [0.5, 0.6) is 0 Å². The lowest BCUT2D eigenvalue weighted by molar-refractivity contribution is 0.0660. The topological polar surface area (TPSA) is 58.1 Å². The first-order valence-corrected chi connectivity index (χ1v) is 7.46. The molecule has 1 amide bonds. The van der Waals surface area contributed by atoms with Crippen LogP contribution in [0, 0.1) is 0 Å². The van der Waals surface area contributed by atoms with Crippen molar-refractivity contribution in [3.05, 3.63) is 35.5 Å². The summed E-state index contributed by atoms with van der Waals surface area (Å²) in [5.74, 6) is 0.0682. The third-order valence-electron chi connectivity index (χ3n) is 3.36. The van der Waals surface area contributed by atoms with Gasteiger partial charge in [0.15, 0.2) is 0 Å². The smallest absolute Gasteiger partial charge is 0.265 e. The average molecular weight is 288 g/mol. The predicted molar refractivity (Wildman–Crippen MR) is 78.7 cm³/mol. The van der Waals surface area contributed by atoms with E-state index >= 15 is 0 Å². The van der Waals surface area contributed by atoms with Crippen LogP contribution in [-0.2, 0) is 0 Å². The fourth-order valence-electron chi connectivity index (χ4n) is 2.26. The van der Waals surface area contributed by atoms with Crippen LogP contribution in [0.2, 0.25) is 0 Å². The summed E-state index contributed by atoms with van der Waals surface area (Å²) in [6.07, 6.45) is 3.39. The summed E-state index contributed by atoms with van der Waals surface area (Å²) in [7, 11) is 0. The minimum atomic E-state index is 0.0682. The maximum Gasteiger partial charge on any atom is 0.265 e. The molecule has 2 aromatic heterocycles. The van der Waals surface area contributed by atoms with Crippen molar-refractivity contribution in [2.45, 2.75) is 13.0 Å². The summed E-state index contributed by atoms with van der Waals surface area (Å²) >= 11 is 1.40. The first-order chi connectivity index (χ1) is 9.75. The van der Waals surface area contributed by atoms with E-state index in [0.29, 0.717) is 4.88 Å². The van der Waals surface area contributed by atoms with E-state index in [0.717, 1.165) is 30.3 Å². The highest BCUT2D eigenvalue weighted by molar-refractivity contribution is 7.16. The van der Waals surface area contributed by atoms with Gasteiger partial charge in [-0.3, -0.25) is 9.78 Å². The number of hydrogen-bond donors (Lipinski definition) is 1. The van der Waals surface area contributed by atoms with Gasteiger partial charge in [-0.15, -0.1) is 11.3 Å². The third-order valence-corrected chi connectivity index (χ3v) is 4.37. The summed E-state index contributed by atoms with van der Waals surface area (Å²) in [5.41, 5.74) is 0.810. The number of carbonyl (C=O) groups excluding carboxylic acids is 1. The summed E-state index contributed by atoms with van der Waals surface area (Å²) in [5, 5.41) is 4.07. The Balaban J connectivity index is 1.81. The van der Waals surface area contributed by atoms with Gasteiger partial charge in [-0.25, -0.2) is 4.98 Å². The lowest BCUT2D eigenvalue weighted by atomic mass is 10.2. The van der Waals surface area contributed by atoms with Crippen molar-refractivity contribution in [3.63, 3.8) is 0 Å². The van der Waals surface area contributed by atoms with E-state index < -0.39 is 0 Å². The molecule has 0 aromatic carbocycles. The Hall–Kier alpha value is -1.79. The molecule has 1 aliphatic rings. The maximum atomic E-state index is 12.5. The van der Waals surface area contributed by atoms with Crippen LogP contribution in [0.3, 0.4) is 0 Å². The van der Waals surface area contributed by atoms with Crippen molar-refractivity contribution in [3.8, 4) is 10.7 Å². The van der Waals surface area contributed by atoms with Crippen molar-refractivity contribution < 1.29 is 4.79 Å². The summed E-state index contributed by atoms with van der Waals surface area (Å²) < 4.78 is 0. The molecule has 3 rings (SSSR count). The monoisotopic (exact) mass is 288 g/mol. The number of rotatable bonds is 2. The van der Waals surface area contributed by atoms with Crippen LogP contribution in [0.15, 0.2) is 30.6 Å². The van der Waals surface area contributed by atoms with E-state index in [2.05, 4.69) is 22.2 Å². The van der Waals surface area contributed by atoms with Gasteiger partial charge in [-0.05, 0) is 19.1 Å². The second kappa shape index (κ2) is 5.68. The lowest BCUT2D eigenvalue weighted by Gasteiger charge is -2.33. The minimum Gasteiger partial charge on any atom is -0.333 e. The van der Waals surface area contributed by atoms with E-state index in [9.17, 15) is 4.79 Å². The third kappa shape index (κ3) is 2.57. The van der Waals surface area contributed by atoms with E-state index in [-0.39, 0.29) is 11.9 Å². The fourth-order valence-corrected chi connectivity index (χ4v) is 3.11. The number of piperazine rings is 1. The van der Waals surface area contributed by atoms with Gasteiger partial charge in [0.1, 0.15) is 9.88 Å². The average Bonchev–Trinajstić information content (AvgIpc) is 2.98. The van der Waals surface area contributed by atoms with E-state index in [4.69, 9.17) is 0 Å². The minimum absolute atomic E-state index is 0.0682. The van der Waals surface area contributed by atoms with Crippen molar-refractivity contribution in [2.24, 2.45) is 0 Å². The highest BCUT2D eigenvalue weighted by Gasteiger charge is 2.25. The van der Waals surface area contributed by atoms with Crippen LogP contribution >= 0.6 is 11.3 Å². The normalized spacial score (nSPS) is 19.1. The molecule has 1 fully saturated rings. The predicted octanol–water partition coefficient (Wildman–Crippen LogP) is 1.64. The van der Waals surface area contributed by atoms with Crippen LogP contribution in [0.1, 0.15) is 16.6 Å². The van der Waals surface area contributed by atoms with Gasteiger partial charge in [-0.2, -0.15) is 0 Å². The van der Waals surface area contributed by atoms with E-state index in [1.165, 1.54) is 11.3 Å². The highest BCUT2D eigenvalue weighted by Crippen LogP contribution is 2.24. The number of carbonyl (C=O) groups is 1. The number of pyridine rings is 1. The Morgan fingerprint density at radius 3 is 3.10 bits per heavy atom. The molecule has 1 N–H and O–H groups in total. The Morgan fingerprint density at radius 2 is 2.35 bits per heavy atom. The molecule has 3 heterocycles. The van der Waals surface area contributed by atoms with Crippen LogP contribution < -0.4 is 5.32 Å². The molecule has 1 aliphatic heterocycles. The molecule has 0 bridgehead atoms. The maximum absolute atomic E-state index is 12.5. The van der Waals surface area contributed by atoms with Gasteiger partial charge >= 0.3 is 0 Å². The number of nitrogens with one attached hydrogen (secondary N) is 1. The van der Waals surface area contributed by atoms with Crippen molar-refractivity contribution in [1.82, 2.24) is 20.2 Å². The molecule has 1 atom stereocenters. The van der Waals surface area contributed by atoms with E-state index in [1.807, 2.05) is 23.1 Å². The van der Waals surface area contributed by atoms with E-state index in [1.54, 1.807) is 12.4 Å². The van der Waals surface area contributed by atoms with Crippen molar-refractivity contribution >= 4 is 17.2 Å². The Bertz CT molecular complexity index is 598. The SMILES string of the molecule is C[C@H]1CNCCN1C(=O)c1cnc(-c2ccccn2)s1. The number of nitrogens with zero attached hydrogens (tertiary/aromatic N) is 3. The largest absolute Gasteiger partial charge is 0.333 e. The summed E-state index contributed by atoms with van der Waals surface area (Å²) in [6, 6.07) is 5.91. The molecule has 0 unspecified atom stereocenters. The number of thiazole rings is 1. The second-order valence-corrected chi connectivity index (χ2v) is 5.83. The Kier molecular flexibility index (Phi) is 3.75. The molecule has 0 saturated carbocycles. The van der Waals surface area contributed by atoms with Crippen molar-refractivity contribution in [1.29, 1.82) is 0 Å². The Labute approximate surface area is 121 Å². The molecular formula is C14H16N4OS. The highest BCUT2D eigenvalue weighted by atomic mass is 32.1. The van der Waals surface area contributed by atoms with Crippen LogP contribution in [-0.4, -0.2) is 46.5 Å². The first-order valence-electron chi connectivity index (χ1n) is 6.64. The van der Waals surface area contributed by atoms with Gasteiger partial charge in [0.05, 0.1) is 11.9 Å². The zero-order chi connectivity index (χ0) is 13.9. The molecule has 0 aliphatic carbocycles. The zero-order valence-electron chi connectivity index (χ0n) is 11.2. The zero-order valence-corrected chi connectivity index (χ0v) is 12.1. The molecule has 6 heteroatoms. The Morgan fingerprint density at radius 1 is 1.45 bits per heavy atom. The summed E-state index contributed by atoms with van der Waals surface area (Å²) in [6.45, 7) is 4.50. The molecule has 0 spiro atoms. The molecule has 2 aromatic rings. The lowest BCUT2D eigenvalue weighted by Crippen LogP contribution is -2.52. The number of hydrogen-bond acceptors (Lipinski definition) is 5. The molecule has 5 nitrogen and oxygen atoms in total. The van der Waals surface area contributed by atoms with Crippen molar-refractivity contribution in [2.75, 3.05) is 19.6 Å². The fraction of sp³-hybridized carbons (Fsp3) is 0.357. The number of amides is 1. The molecule has 104 valence electrons. The van der Waals surface area contributed by atoms with Gasteiger partial charge < -0.3 is 10.2 Å². The molecule has 0 radical (unpaired) electrons. The quantitative estimate of drug-likeness (QED) is 0.912. The standard InChI is InChI=1S/C14H16N4OS/c1-10-8-15-6-7-18(10)14(19)12-9-17-13(20-12)11-4-2-3-5-16-11/h2-5,9-10,15H,6-8H2,1H3/t10-/m0/s1. The van der Waals surface area contributed by atoms with Crippen LogP contribution in [0.25, 0.3) is 10.7 Å². The molecule has 20 heavy (non-hydrogen) atoms. The van der Waals surface area contributed by atoms with Gasteiger partial charge in [-0.1, -0.05) is 6.07 Å². The second-order valence-electron chi connectivity index (χ2n) is 4.80. The van der Waals surface area contributed by atoms with Crippen LogP contribution in [0.4, 0.5) is 0 Å². The van der Waals surface area contributed by atoms with Gasteiger partial charge in [0.25, 0.3) is 5.91 Å². The summed E-state index contributed by atoms with van der Waals surface area (Å²) in [4.78, 5) is 23.7. The number of aromatic nitrogens is 2. The molecular weight excluding hydrogens is 272 g/mol. The molecule has 1 saturated heterocycles. The first kappa shape index (κ1) is 13.2. The van der Waals surface area contributed by atoms with Gasteiger partial charge in [0, 0.05) is 31.9 Å². The van der Waals surface area contributed by atoms with Gasteiger partial charge in [0.2, 0.25) is 0 Å².